The van der Waals surface area contributed by atoms with E-state index in [2.05, 4.69) is 16.6 Å². The van der Waals surface area contributed by atoms with Gasteiger partial charge in [0, 0.05) is 5.92 Å². The standard InChI is InChI=1S/C12H12O4/c1-3-16-12(14)7-4-9-8-10(15-2)5-6-11(9)13/h5-6,8,13H,3H2,1-2H3. The van der Waals surface area contributed by atoms with E-state index in [0.717, 1.165) is 0 Å². The first-order valence-electron chi connectivity index (χ1n) is 4.73. The van der Waals surface area contributed by atoms with E-state index in [9.17, 15) is 9.90 Å². The van der Waals surface area contributed by atoms with Gasteiger partial charge in [-0.25, -0.2) is 4.79 Å². The van der Waals surface area contributed by atoms with Gasteiger partial charge in [-0.3, -0.25) is 0 Å². The number of aromatic hydroxyl groups is 1. The first kappa shape index (κ1) is 11.9. The molecule has 1 aromatic carbocycles. The van der Waals surface area contributed by atoms with Gasteiger partial charge in [0.2, 0.25) is 0 Å². The largest absolute Gasteiger partial charge is 0.507 e. The maximum Gasteiger partial charge on any atom is 0.384 e. The Labute approximate surface area is 93.8 Å². The van der Waals surface area contributed by atoms with Crippen molar-refractivity contribution in [2.24, 2.45) is 0 Å². The second-order valence-electron chi connectivity index (χ2n) is 2.85. The van der Waals surface area contributed by atoms with Crippen LogP contribution in [-0.4, -0.2) is 24.8 Å². The summed E-state index contributed by atoms with van der Waals surface area (Å²) < 4.78 is 9.60. The number of esters is 1. The Morgan fingerprint density at radius 3 is 2.88 bits per heavy atom. The van der Waals surface area contributed by atoms with Crippen LogP contribution in [-0.2, 0) is 9.53 Å². The van der Waals surface area contributed by atoms with Crippen LogP contribution in [0, 0.1) is 11.8 Å². The molecule has 1 aromatic rings. The molecule has 0 atom stereocenters. The van der Waals surface area contributed by atoms with Gasteiger partial charge in [-0.2, -0.15) is 0 Å². The average Bonchev–Trinajstić information content (AvgIpc) is 2.28. The van der Waals surface area contributed by atoms with Gasteiger partial charge in [-0.15, -0.1) is 0 Å². The first-order chi connectivity index (χ1) is 7.67. The van der Waals surface area contributed by atoms with Crippen molar-refractivity contribution in [1.29, 1.82) is 0 Å². The number of hydrogen-bond acceptors (Lipinski definition) is 4. The Kier molecular flexibility index (Phi) is 4.22. The number of ether oxygens (including phenoxy) is 2. The van der Waals surface area contributed by atoms with Gasteiger partial charge in [0.25, 0.3) is 0 Å². The van der Waals surface area contributed by atoms with Crippen molar-refractivity contribution in [2.75, 3.05) is 13.7 Å². The average molecular weight is 220 g/mol. The molecule has 1 N–H and O–H groups in total. The Balaban J connectivity index is 2.91. The van der Waals surface area contributed by atoms with Crippen LogP contribution in [0.2, 0.25) is 0 Å². The predicted octanol–water partition coefficient (Wildman–Crippen LogP) is 1.32. The van der Waals surface area contributed by atoms with Gasteiger partial charge in [-0.05, 0) is 25.1 Å². The van der Waals surface area contributed by atoms with Crippen LogP contribution < -0.4 is 4.74 Å². The van der Waals surface area contributed by atoms with Crippen LogP contribution in [0.3, 0.4) is 0 Å². The summed E-state index contributed by atoms with van der Waals surface area (Å²) in [7, 11) is 1.51. The zero-order valence-corrected chi connectivity index (χ0v) is 9.11. The SMILES string of the molecule is CCOC(=O)C#Cc1cc(OC)ccc1O. The molecular weight excluding hydrogens is 208 g/mol. The molecule has 0 aliphatic heterocycles. The molecule has 16 heavy (non-hydrogen) atoms. The minimum Gasteiger partial charge on any atom is -0.507 e. The van der Waals surface area contributed by atoms with E-state index in [1.165, 1.54) is 13.2 Å². The molecule has 0 fully saturated rings. The molecule has 0 unspecified atom stereocenters. The lowest BCUT2D eigenvalue weighted by Crippen LogP contribution is -1.99. The molecule has 0 aliphatic rings. The Hall–Kier alpha value is -2.15. The third-order valence-corrected chi connectivity index (χ3v) is 1.78. The van der Waals surface area contributed by atoms with E-state index in [0.29, 0.717) is 11.3 Å². The molecule has 0 saturated carbocycles. The van der Waals surface area contributed by atoms with Crippen LogP contribution in [0.1, 0.15) is 12.5 Å². The molecule has 0 aromatic heterocycles. The van der Waals surface area contributed by atoms with Crippen molar-refractivity contribution in [3.63, 3.8) is 0 Å². The summed E-state index contributed by atoms with van der Waals surface area (Å²) in [5.74, 6) is 4.72. The van der Waals surface area contributed by atoms with Gasteiger partial charge in [-0.1, -0.05) is 5.92 Å². The molecule has 0 saturated heterocycles. The van der Waals surface area contributed by atoms with E-state index in [4.69, 9.17) is 4.74 Å². The summed E-state index contributed by atoms with van der Waals surface area (Å²) in [6.07, 6.45) is 0. The molecule has 4 heteroatoms. The summed E-state index contributed by atoms with van der Waals surface area (Å²) in [6, 6.07) is 4.60. The fourth-order valence-corrected chi connectivity index (χ4v) is 1.03. The number of carbonyl (C=O) groups excluding carboxylic acids is 1. The second-order valence-corrected chi connectivity index (χ2v) is 2.85. The summed E-state index contributed by atoms with van der Waals surface area (Å²) in [6.45, 7) is 1.97. The summed E-state index contributed by atoms with van der Waals surface area (Å²) in [5, 5.41) is 9.46. The van der Waals surface area contributed by atoms with Crippen LogP contribution in [0.15, 0.2) is 18.2 Å². The van der Waals surface area contributed by atoms with Crippen molar-refractivity contribution < 1.29 is 19.4 Å². The third-order valence-electron chi connectivity index (χ3n) is 1.78. The highest BCUT2D eigenvalue weighted by Gasteiger charge is 2.01. The first-order valence-corrected chi connectivity index (χ1v) is 4.73. The second kappa shape index (κ2) is 5.66. The van der Waals surface area contributed by atoms with Crippen molar-refractivity contribution >= 4 is 5.97 Å². The van der Waals surface area contributed by atoms with Crippen molar-refractivity contribution in [3.8, 4) is 23.3 Å². The molecule has 0 amide bonds. The zero-order valence-electron chi connectivity index (χ0n) is 9.11. The van der Waals surface area contributed by atoms with Gasteiger partial charge >= 0.3 is 5.97 Å². The number of benzene rings is 1. The smallest absolute Gasteiger partial charge is 0.384 e. The highest BCUT2D eigenvalue weighted by molar-refractivity contribution is 5.89. The Bertz CT molecular complexity index is 440. The zero-order chi connectivity index (χ0) is 12.0. The molecule has 0 radical (unpaired) electrons. The lowest BCUT2D eigenvalue weighted by atomic mass is 10.2. The van der Waals surface area contributed by atoms with E-state index >= 15 is 0 Å². The molecule has 1 rings (SSSR count). The van der Waals surface area contributed by atoms with Gasteiger partial charge in [0.1, 0.15) is 11.5 Å². The summed E-state index contributed by atoms with van der Waals surface area (Å²) in [5.41, 5.74) is 0.326. The monoisotopic (exact) mass is 220 g/mol. The van der Waals surface area contributed by atoms with Crippen LogP contribution in [0.4, 0.5) is 0 Å². The van der Waals surface area contributed by atoms with Gasteiger partial charge in [0.05, 0.1) is 19.3 Å². The maximum atomic E-state index is 11.0. The number of rotatable bonds is 2. The van der Waals surface area contributed by atoms with Crippen molar-refractivity contribution in [2.45, 2.75) is 6.92 Å². The maximum absolute atomic E-state index is 11.0. The molecule has 4 nitrogen and oxygen atoms in total. The quantitative estimate of drug-likeness (QED) is 0.603. The van der Waals surface area contributed by atoms with E-state index in [-0.39, 0.29) is 12.4 Å². The third kappa shape index (κ3) is 3.21. The van der Waals surface area contributed by atoms with Crippen LogP contribution >= 0.6 is 0 Å². The predicted molar refractivity (Wildman–Crippen MR) is 58.2 cm³/mol. The van der Waals surface area contributed by atoms with E-state index in [1.807, 2.05) is 0 Å². The molecule has 0 aliphatic carbocycles. The number of carbonyl (C=O) groups is 1. The van der Waals surface area contributed by atoms with Crippen molar-refractivity contribution in [1.82, 2.24) is 0 Å². The van der Waals surface area contributed by atoms with E-state index in [1.54, 1.807) is 19.1 Å². The molecule has 0 heterocycles. The molecule has 84 valence electrons. The van der Waals surface area contributed by atoms with Crippen LogP contribution in [0.5, 0.6) is 11.5 Å². The lowest BCUT2D eigenvalue weighted by molar-refractivity contribution is -0.136. The lowest BCUT2D eigenvalue weighted by Gasteiger charge is -2.01. The number of phenols is 1. The Morgan fingerprint density at radius 1 is 1.50 bits per heavy atom. The minimum absolute atomic E-state index is 0.00222. The number of phenolic OH excluding ortho intramolecular Hbond substituents is 1. The fourth-order valence-electron chi connectivity index (χ4n) is 1.03. The topological polar surface area (TPSA) is 55.8 Å². The highest BCUT2D eigenvalue weighted by Crippen LogP contribution is 2.21. The summed E-state index contributed by atoms with van der Waals surface area (Å²) in [4.78, 5) is 11.0. The number of methoxy groups -OCH3 is 1. The van der Waals surface area contributed by atoms with Gasteiger partial charge in [0.15, 0.2) is 0 Å². The highest BCUT2D eigenvalue weighted by atomic mass is 16.5. The molecular formula is C12H12O4. The number of hydrogen-bond donors (Lipinski definition) is 1. The fraction of sp³-hybridized carbons (Fsp3) is 0.250. The Morgan fingerprint density at radius 2 is 2.25 bits per heavy atom. The molecule has 0 spiro atoms. The van der Waals surface area contributed by atoms with Gasteiger partial charge < -0.3 is 14.6 Å². The molecule has 0 bridgehead atoms. The minimum atomic E-state index is -0.621. The summed E-state index contributed by atoms with van der Waals surface area (Å²) >= 11 is 0. The van der Waals surface area contributed by atoms with Crippen molar-refractivity contribution in [3.05, 3.63) is 23.8 Å². The van der Waals surface area contributed by atoms with Crippen LogP contribution in [0.25, 0.3) is 0 Å². The van der Waals surface area contributed by atoms with E-state index < -0.39 is 5.97 Å². The normalized spacial score (nSPS) is 8.88.